The van der Waals surface area contributed by atoms with E-state index in [9.17, 15) is 0 Å². The summed E-state index contributed by atoms with van der Waals surface area (Å²) in [5.74, 6) is 0. The van der Waals surface area contributed by atoms with Gasteiger partial charge in [0.2, 0.25) is 0 Å². The predicted molar refractivity (Wildman–Crippen MR) is 32.0 cm³/mol. The van der Waals surface area contributed by atoms with Gasteiger partial charge in [0.1, 0.15) is 0 Å². The fourth-order valence-electron chi connectivity index (χ4n) is 0. The molecule has 0 aliphatic heterocycles. The molecule has 0 bridgehead atoms. The zero-order valence-corrected chi connectivity index (χ0v) is 0.816. The molecule has 0 spiro atoms. The Bertz CT molecular complexity index is 7.61. The second-order valence-corrected chi connectivity index (χ2v) is 0. The van der Waals surface area contributed by atoms with Crippen LogP contribution in [0.25, 0.3) is 0 Å². The molecule has 0 N–H and O–H groups in total. The maximum atomic E-state index is 0. The van der Waals surface area contributed by atoms with E-state index in [1.54, 1.807) is 0 Å². The molecule has 0 aromatic heterocycles. The van der Waals surface area contributed by atoms with Crippen LogP contribution in [0.3, 0.4) is 0 Å². The van der Waals surface area contributed by atoms with Crippen molar-refractivity contribution in [3.63, 3.8) is 0 Å². The summed E-state index contributed by atoms with van der Waals surface area (Å²) >= 11 is 0. The zero-order valence-electron chi connectivity index (χ0n) is 0.816. The summed E-state index contributed by atoms with van der Waals surface area (Å²) in [5.41, 5.74) is 0. The molecule has 0 nitrogen and oxygen atoms in total. The van der Waals surface area contributed by atoms with Crippen molar-refractivity contribution in [1.29, 1.82) is 0 Å². The van der Waals surface area contributed by atoms with Crippen LogP contribution in [-0.4, -0.2) is 64.3 Å². The summed E-state index contributed by atoms with van der Waals surface area (Å²) in [7, 11) is 0. The van der Waals surface area contributed by atoms with Gasteiger partial charge in [-0.1, -0.05) is 0 Å². The predicted octanol–water partition coefficient (Wildman–Crippen LogP) is -2.71. The monoisotopic (exact) mass is 124 g/mol. The SMILES string of the molecule is F.F.[AlH3].[AlH3].[NaH]. The van der Waals surface area contributed by atoms with E-state index in [2.05, 4.69) is 0 Å². The van der Waals surface area contributed by atoms with Gasteiger partial charge in [-0.15, -0.1) is 0 Å². The van der Waals surface area contributed by atoms with Crippen LogP contribution in [0.1, 0.15) is 0 Å². The Morgan fingerprint density at radius 3 is 0.600 bits per heavy atom. The van der Waals surface area contributed by atoms with Crippen LogP contribution >= 0.6 is 0 Å². The normalized spacial score (nSPS) is 0. The van der Waals surface area contributed by atoms with Gasteiger partial charge in [0.05, 0.1) is 0 Å². The molecule has 5 heavy (non-hydrogen) atoms. The Morgan fingerprint density at radius 1 is 0.600 bits per heavy atom. The minimum atomic E-state index is 0. The van der Waals surface area contributed by atoms with Crippen LogP contribution in [0.4, 0.5) is 9.41 Å². The molecule has 0 aromatic carbocycles. The molecule has 5 heteroatoms. The van der Waals surface area contributed by atoms with Crippen molar-refractivity contribution in [2.24, 2.45) is 0 Å². The minimum absolute atomic E-state index is 0. The van der Waals surface area contributed by atoms with Gasteiger partial charge >= 0.3 is 29.6 Å². The van der Waals surface area contributed by atoms with E-state index >= 15 is 0 Å². The Labute approximate surface area is 73.0 Å². The summed E-state index contributed by atoms with van der Waals surface area (Å²) in [6, 6.07) is 0. The second-order valence-electron chi connectivity index (χ2n) is 0. The molecule has 0 rings (SSSR count). The van der Waals surface area contributed by atoms with Crippen LogP contribution < -0.4 is 0 Å². The molecular weight excluding hydrogens is 115 g/mol. The van der Waals surface area contributed by atoms with Gasteiger partial charge in [0.15, 0.2) is 34.7 Å². The van der Waals surface area contributed by atoms with Gasteiger partial charge < -0.3 is 0 Å². The number of hydrogen-bond donors (Lipinski definition) is 0. The number of hydrogen-bond acceptors (Lipinski definition) is 0. The fraction of sp³-hybridized carbons (Fsp3) is 0. The summed E-state index contributed by atoms with van der Waals surface area (Å²) < 4.78 is 0. The van der Waals surface area contributed by atoms with Crippen molar-refractivity contribution in [1.82, 2.24) is 0 Å². The first-order chi connectivity index (χ1) is 0. The van der Waals surface area contributed by atoms with Gasteiger partial charge in [-0.3, -0.25) is 9.41 Å². The average molecular weight is 124 g/mol. The summed E-state index contributed by atoms with van der Waals surface area (Å²) in [5, 5.41) is 0. The number of halogens is 2. The molecular formula is H9Al2F2Na. The third kappa shape index (κ3) is 24.6. The molecule has 0 aliphatic carbocycles. The molecule has 0 saturated heterocycles. The molecule has 30 valence electrons. The van der Waals surface area contributed by atoms with E-state index in [0.29, 0.717) is 0 Å². The van der Waals surface area contributed by atoms with E-state index < -0.39 is 0 Å². The second kappa shape index (κ2) is 38.8. The van der Waals surface area contributed by atoms with Gasteiger partial charge in [0.25, 0.3) is 0 Å². The number of rotatable bonds is 0. The molecule has 0 aromatic rings. The van der Waals surface area contributed by atoms with E-state index in [-0.39, 0.29) is 73.7 Å². The van der Waals surface area contributed by atoms with E-state index in [4.69, 9.17) is 0 Å². The zero-order chi connectivity index (χ0) is 0. The molecule has 0 radical (unpaired) electrons. The van der Waals surface area contributed by atoms with Gasteiger partial charge in [-0.2, -0.15) is 0 Å². The van der Waals surface area contributed by atoms with E-state index in [1.165, 1.54) is 0 Å². The molecule has 0 saturated carbocycles. The molecule has 0 atom stereocenters. The topological polar surface area (TPSA) is 0 Å². The van der Waals surface area contributed by atoms with Crippen LogP contribution in [0.15, 0.2) is 0 Å². The van der Waals surface area contributed by atoms with Crippen LogP contribution in [0, 0.1) is 0 Å². The Morgan fingerprint density at radius 2 is 0.600 bits per heavy atom. The molecule has 0 fully saturated rings. The van der Waals surface area contributed by atoms with Crippen molar-refractivity contribution >= 4 is 64.3 Å². The first-order valence-electron chi connectivity index (χ1n) is 0. The first kappa shape index (κ1) is 65.6. The molecule has 0 heterocycles. The van der Waals surface area contributed by atoms with Gasteiger partial charge in [-0.05, 0) is 0 Å². The van der Waals surface area contributed by atoms with E-state index in [0.717, 1.165) is 0 Å². The first-order valence-corrected chi connectivity index (χ1v) is 0. The quantitative estimate of drug-likeness (QED) is 0.308. The molecule has 0 amide bonds. The Balaban J connectivity index is 0. The Kier molecular flexibility index (Phi) is 509. The van der Waals surface area contributed by atoms with Crippen LogP contribution in [-0.2, 0) is 0 Å². The van der Waals surface area contributed by atoms with Crippen LogP contribution in [0.2, 0.25) is 0 Å². The summed E-state index contributed by atoms with van der Waals surface area (Å²) in [6.07, 6.45) is 0. The molecule has 0 aliphatic rings. The van der Waals surface area contributed by atoms with Crippen molar-refractivity contribution < 1.29 is 9.41 Å². The van der Waals surface area contributed by atoms with Crippen molar-refractivity contribution in [2.45, 2.75) is 0 Å². The van der Waals surface area contributed by atoms with Gasteiger partial charge in [0, 0.05) is 0 Å². The fourth-order valence-corrected chi connectivity index (χ4v) is 0. The van der Waals surface area contributed by atoms with Crippen molar-refractivity contribution in [2.75, 3.05) is 0 Å². The summed E-state index contributed by atoms with van der Waals surface area (Å²) in [4.78, 5) is 0. The van der Waals surface area contributed by atoms with E-state index in [1.807, 2.05) is 0 Å². The standard InChI is InChI=1S/2Al.2FH.Na.7H/h;;2*1H;;;;;;;;. The summed E-state index contributed by atoms with van der Waals surface area (Å²) in [6.45, 7) is 0. The molecule has 0 unspecified atom stereocenters. The third-order valence-corrected chi connectivity index (χ3v) is 0. The van der Waals surface area contributed by atoms with Gasteiger partial charge in [-0.25, -0.2) is 0 Å². The average Bonchev–Trinajstić information content (AvgIpc) is 0. The van der Waals surface area contributed by atoms with Crippen LogP contribution in [0.5, 0.6) is 0 Å². The third-order valence-electron chi connectivity index (χ3n) is 0. The Hall–Kier alpha value is 1.92. The maximum absolute atomic E-state index is 0. The van der Waals surface area contributed by atoms with Crippen molar-refractivity contribution in [3.05, 3.63) is 0 Å². The van der Waals surface area contributed by atoms with Crippen molar-refractivity contribution in [3.8, 4) is 0 Å².